The second kappa shape index (κ2) is 8.85. The maximum absolute atomic E-state index is 12.5. The van der Waals surface area contributed by atoms with E-state index in [1.807, 2.05) is 30.3 Å². The van der Waals surface area contributed by atoms with E-state index in [1.54, 1.807) is 38.1 Å². The van der Waals surface area contributed by atoms with Crippen LogP contribution in [0.4, 0.5) is 0 Å². The van der Waals surface area contributed by atoms with E-state index < -0.39 is 12.1 Å². The predicted octanol–water partition coefficient (Wildman–Crippen LogP) is 4.10. The molecule has 0 saturated carbocycles. The molecule has 0 fully saturated rings. The fourth-order valence-corrected chi connectivity index (χ4v) is 3.03. The Balaban J connectivity index is 1.61. The lowest BCUT2D eigenvalue weighted by Crippen LogP contribution is -2.37. The highest BCUT2D eigenvalue weighted by Gasteiger charge is 2.20. The van der Waals surface area contributed by atoms with Crippen LogP contribution in [-0.4, -0.2) is 29.5 Å². The number of hydrogen-bond donors (Lipinski definition) is 1. The number of hydrogen-bond acceptors (Lipinski definition) is 4. The largest absolute Gasteiger partial charge is 0.449 e. The molecule has 0 radical (unpaired) electrons. The van der Waals surface area contributed by atoms with Crippen LogP contribution in [0.1, 0.15) is 28.5 Å². The van der Waals surface area contributed by atoms with Gasteiger partial charge in [0.15, 0.2) is 6.10 Å². The van der Waals surface area contributed by atoms with Gasteiger partial charge in [-0.25, -0.2) is 4.79 Å². The minimum absolute atomic E-state index is 0.318. The average molecular weight is 397 g/mol. The minimum Gasteiger partial charge on any atom is -0.449 e. The number of esters is 1. The van der Waals surface area contributed by atoms with Crippen LogP contribution < -0.4 is 5.32 Å². The number of carbonyl (C=O) groups excluding carboxylic acids is 2. The van der Waals surface area contributed by atoms with E-state index in [0.717, 1.165) is 16.5 Å². The molecule has 5 nitrogen and oxygen atoms in total. The van der Waals surface area contributed by atoms with Gasteiger partial charge in [-0.15, -0.1) is 0 Å². The molecule has 0 spiro atoms. The zero-order valence-electron chi connectivity index (χ0n) is 15.7. The molecule has 6 heteroatoms. The molecule has 1 aromatic heterocycles. The molecule has 2 aromatic carbocycles. The number of aromatic nitrogens is 1. The molecule has 144 valence electrons. The van der Waals surface area contributed by atoms with Crippen molar-refractivity contribution in [2.45, 2.75) is 26.4 Å². The van der Waals surface area contributed by atoms with Gasteiger partial charge in [-0.2, -0.15) is 0 Å². The van der Waals surface area contributed by atoms with Gasteiger partial charge >= 0.3 is 5.97 Å². The normalized spacial score (nSPS) is 11.8. The Morgan fingerprint density at radius 1 is 1.14 bits per heavy atom. The van der Waals surface area contributed by atoms with Gasteiger partial charge in [-0.1, -0.05) is 41.9 Å². The fourth-order valence-electron chi connectivity index (χ4n) is 2.85. The summed E-state index contributed by atoms with van der Waals surface area (Å²) in [5, 5.41) is 4.09. The second-order valence-electron chi connectivity index (χ2n) is 6.53. The Hall–Kier alpha value is -2.92. The molecule has 0 aliphatic heterocycles. The number of rotatable bonds is 6. The van der Waals surface area contributed by atoms with Crippen molar-refractivity contribution in [3.05, 3.63) is 76.4 Å². The summed E-state index contributed by atoms with van der Waals surface area (Å²) in [6.45, 7) is 3.76. The smallest absolute Gasteiger partial charge is 0.340 e. The number of carbonyl (C=O) groups is 2. The molecule has 28 heavy (non-hydrogen) atoms. The first-order valence-corrected chi connectivity index (χ1v) is 9.41. The van der Waals surface area contributed by atoms with Gasteiger partial charge in [0.1, 0.15) is 0 Å². The highest BCUT2D eigenvalue weighted by atomic mass is 35.5. The van der Waals surface area contributed by atoms with E-state index in [2.05, 4.69) is 10.3 Å². The van der Waals surface area contributed by atoms with E-state index in [9.17, 15) is 9.59 Å². The van der Waals surface area contributed by atoms with Gasteiger partial charge in [0.05, 0.1) is 16.8 Å². The van der Waals surface area contributed by atoms with Crippen LogP contribution in [0, 0.1) is 6.92 Å². The van der Waals surface area contributed by atoms with Crippen molar-refractivity contribution >= 4 is 34.4 Å². The first-order valence-electron chi connectivity index (χ1n) is 9.03. The second-order valence-corrected chi connectivity index (χ2v) is 6.97. The summed E-state index contributed by atoms with van der Waals surface area (Å²) >= 11 is 6.01. The van der Waals surface area contributed by atoms with Crippen LogP contribution in [0.15, 0.2) is 54.6 Å². The van der Waals surface area contributed by atoms with Gasteiger partial charge in [0.25, 0.3) is 5.91 Å². The van der Waals surface area contributed by atoms with Crippen LogP contribution in [0.3, 0.4) is 0 Å². The van der Waals surface area contributed by atoms with Crippen LogP contribution in [0.2, 0.25) is 5.02 Å². The number of amides is 1. The predicted molar refractivity (Wildman–Crippen MR) is 110 cm³/mol. The molecule has 3 aromatic rings. The number of aryl methyl sites for hydroxylation is 1. The highest BCUT2D eigenvalue weighted by Crippen LogP contribution is 2.21. The molecule has 1 atom stereocenters. The molecule has 0 aliphatic rings. The molecule has 0 saturated heterocycles. The molecular weight excluding hydrogens is 376 g/mol. The van der Waals surface area contributed by atoms with Crippen molar-refractivity contribution < 1.29 is 14.3 Å². The summed E-state index contributed by atoms with van der Waals surface area (Å²) in [5.74, 6) is -0.920. The Morgan fingerprint density at radius 3 is 2.64 bits per heavy atom. The summed E-state index contributed by atoms with van der Waals surface area (Å²) in [5.41, 5.74) is 2.73. The summed E-state index contributed by atoms with van der Waals surface area (Å²) in [6.07, 6.45) is -0.195. The number of benzene rings is 2. The number of pyridine rings is 1. The Morgan fingerprint density at radius 2 is 1.89 bits per heavy atom. The van der Waals surface area contributed by atoms with E-state index in [-0.39, 0.29) is 5.91 Å². The number of fused-ring (bicyclic) bond motifs is 1. The van der Waals surface area contributed by atoms with Gasteiger partial charge < -0.3 is 10.1 Å². The van der Waals surface area contributed by atoms with Gasteiger partial charge in [-0.3, -0.25) is 9.78 Å². The lowest BCUT2D eigenvalue weighted by atomic mass is 10.1. The van der Waals surface area contributed by atoms with Gasteiger partial charge in [0.2, 0.25) is 0 Å². The number of nitrogens with one attached hydrogen (secondary N) is 1. The minimum atomic E-state index is -0.905. The number of nitrogens with zero attached hydrogens (tertiary/aromatic N) is 1. The van der Waals surface area contributed by atoms with E-state index in [4.69, 9.17) is 16.3 Å². The molecule has 3 rings (SSSR count). The van der Waals surface area contributed by atoms with E-state index >= 15 is 0 Å². The molecule has 1 heterocycles. The van der Waals surface area contributed by atoms with Crippen molar-refractivity contribution in [3.63, 3.8) is 0 Å². The topological polar surface area (TPSA) is 68.3 Å². The average Bonchev–Trinajstić information content (AvgIpc) is 2.68. The van der Waals surface area contributed by atoms with Gasteiger partial charge in [-0.05, 0) is 50.1 Å². The molecule has 1 N–H and O–H groups in total. The molecule has 0 aliphatic carbocycles. The quantitative estimate of drug-likeness (QED) is 0.637. The van der Waals surface area contributed by atoms with Crippen LogP contribution >= 0.6 is 11.6 Å². The monoisotopic (exact) mass is 396 g/mol. The Labute approximate surface area is 168 Å². The van der Waals surface area contributed by atoms with Crippen LogP contribution in [0.25, 0.3) is 10.9 Å². The van der Waals surface area contributed by atoms with E-state index in [1.165, 1.54) is 0 Å². The standard InChI is InChI=1S/C22H21ClN2O3/c1-14-19(13-17-12-18(23)8-9-20(17)25-14)22(27)28-15(2)21(26)24-11-10-16-6-4-3-5-7-16/h3-9,12-13,15H,10-11H2,1-2H3,(H,24,26). The maximum Gasteiger partial charge on any atom is 0.340 e. The maximum atomic E-state index is 12.5. The third kappa shape index (κ3) is 4.87. The fraction of sp³-hybridized carbons (Fsp3) is 0.227. The zero-order valence-corrected chi connectivity index (χ0v) is 16.5. The molecular formula is C22H21ClN2O3. The number of halogens is 1. The number of ether oxygens (including phenoxy) is 1. The van der Waals surface area contributed by atoms with Crippen molar-refractivity contribution in [1.29, 1.82) is 0 Å². The highest BCUT2D eigenvalue weighted by molar-refractivity contribution is 6.31. The van der Waals surface area contributed by atoms with Crippen molar-refractivity contribution in [3.8, 4) is 0 Å². The zero-order chi connectivity index (χ0) is 20.1. The lowest BCUT2D eigenvalue weighted by Gasteiger charge is -2.14. The third-order valence-corrected chi connectivity index (χ3v) is 4.63. The van der Waals surface area contributed by atoms with Crippen molar-refractivity contribution in [2.24, 2.45) is 0 Å². The van der Waals surface area contributed by atoms with E-state index in [0.29, 0.717) is 29.2 Å². The third-order valence-electron chi connectivity index (χ3n) is 4.40. The first kappa shape index (κ1) is 19.8. The lowest BCUT2D eigenvalue weighted by molar-refractivity contribution is -0.129. The van der Waals surface area contributed by atoms with Crippen LogP contribution in [-0.2, 0) is 16.0 Å². The SMILES string of the molecule is Cc1nc2ccc(Cl)cc2cc1C(=O)OC(C)C(=O)NCCc1ccccc1. The Bertz CT molecular complexity index is 1010. The molecule has 1 unspecified atom stereocenters. The summed E-state index contributed by atoms with van der Waals surface area (Å²) < 4.78 is 5.34. The van der Waals surface area contributed by atoms with Crippen molar-refractivity contribution in [2.75, 3.05) is 6.54 Å². The summed E-state index contributed by atoms with van der Waals surface area (Å²) in [6, 6.07) is 16.8. The molecule has 1 amide bonds. The summed E-state index contributed by atoms with van der Waals surface area (Å²) in [4.78, 5) is 29.2. The Kier molecular flexibility index (Phi) is 6.26. The summed E-state index contributed by atoms with van der Waals surface area (Å²) in [7, 11) is 0. The van der Waals surface area contributed by atoms with Gasteiger partial charge in [0, 0.05) is 17.0 Å². The molecule has 0 bridgehead atoms. The van der Waals surface area contributed by atoms with Crippen molar-refractivity contribution in [1.82, 2.24) is 10.3 Å². The first-order chi connectivity index (χ1) is 13.4. The van der Waals surface area contributed by atoms with Crippen LogP contribution in [0.5, 0.6) is 0 Å².